The highest BCUT2D eigenvalue weighted by atomic mass is 16.5. The molecule has 4 nitrogen and oxygen atoms in total. The van der Waals surface area contributed by atoms with Gasteiger partial charge in [-0.1, -0.05) is 20.8 Å². The predicted molar refractivity (Wildman–Crippen MR) is 63.2 cm³/mol. The molecule has 3 atom stereocenters. The van der Waals surface area contributed by atoms with Crippen molar-refractivity contribution in [1.82, 2.24) is 0 Å². The Bertz CT molecular complexity index is 309. The van der Waals surface area contributed by atoms with Crippen LogP contribution in [0.5, 0.6) is 0 Å². The molecule has 0 aromatic carbocycles. The van der Waals surface area contributed by atoms with Crippen LogP contribution < -0.4 is 0 Å². The minimum Gasteiger partial charge on any atom is -0.469 e. The molecule has 0 aliphatic heterocycles. The van der Waals surface area contributed by atoms with Gasteiger partial charge >= 0.3 is 11.9 Å². The van der Waals surface area contributed by atoms with E-state index in [-0.39, 0.29) is 35.3 Å². The number of carbonyl (C=O) groups excluding carboxylic acids is 2. The summed E-state index contributed by atoms with van der Waals surface area (Å²) in [5.41, 5.74) is -0.181. The summed E-state index contributed by atoms with van der Waals surface area (Å²) in [6, 6.07) is 0. The van der Waals surface area contributed by atoms with Gasteiger partial charge in [0.2, 0.25) is 0 Å². The highest BCUT2D eigenvalue weighted by Gasteiger charge is 2.49. The van der Waals surface area contributed by atoms with Gasteiger partial charge in [0, 0.05) is 18.8 Å². The molecular formula is C13H22O4. The van der Waals surface area contributed by atoms with Crippen LogP contribution in [-0.2, 0) is 19.1 Å². The lowest BCUT2D eigenvalue weighted by Crippen LogP contribution is -2.35. The zero-order chi connectivity index (χ0) is 13.2. The van der Waals surface area contributed by atoms with E-state index < -0.39 is 0 Å². The average molecular weight is 242 g/mol. The summed E-state index contributed by atoms with van der Waals surface area (Å²) < 4.78 is 10.1. The second-order valence-electron chi connectivity index (χ2n) is 5.54. The molecule has 0 saturated heterocycles. The summed E-state index contributed by atoms with van der Waals surface area (Å²) in [5.74, 6) is 0.0326. The van der Waals surface area contributed by atoms with Gasteiger partial charge in [0.25, 0.3) is 0 Å². The summed E-state index contributed by atoms with van der Waals surface area (Å²) in [5, 5.41) is 0. The van der Waals surface area contributed by atoms with Crippen molar-refractivity contribution >= 4 is 11.9 Å². The van der Waals surface area contributed by atoms with Crippen LogP contribution in [0.4, 0.5) is 0 Å². The highest BCUT2D eigenvalue weighted by Crippen LogP contribution is 2.49. The molecule has 0 N–H and O–H groups in total. The minimum atomic E-state index is -0.256. The Labute approximate surface area is 103 Å². The Balaban J connectivity index is 2.77. The van der Waals surface area contributed by atoms with Gasteiger partial charge in [-0.25, -0.2) is 0 Å². The molecule has 0 aromatic rings. The van der Waals surface area contributed by atoms with Gasteiger partial charge in [0.15, 0.2) is 0 Å². The summed E-state index contributed by atoms with van der Waals surface area (Å²) in [6.07, 6.45) is 1.17. The lowest BCUT2D eigenvalue weighted by molar-refractivity contribution is -0.154. The van der Waals surface area contributed by atoms with E-state index in [9.17, 15) is 9.59 Å². The molecule has 98 valence electrons. The molecule has 0 radical (unpaired) electrons. The molecule has 1 rings (SSSR count). The first kappa shape index (κ1) is 14.0. The number of hydrogen-bond acceptors (Lipinski definition) is 4. The second kappa shape index (κ2) is 5.07. The molecule has 1 fully saturated rings. The number of carbonyl (C=O) groups is 2. The first-order valence-corrected chi connectivity index (χ1v) is 6.03. The van der Waals surface area contributed by atoms with Crippen LogP contribution in [0.2, 0.25) is 0 Å². The van der Waals surface area contributed by atoms with Crippen molar-refractivity contribution in [3.63, 3.8) is 0 Å². The Morgan fingerprint density at radius 3 is 2.41 bits per heavy atom. The van der Waals surface area contributed by atoms with E-state index >= 15 is 0 Å². The SMILES string of the molecule is COC(=O)C[C@@H]1C[C@@H](C)[C@@H](OC(C)=O)C1(C)C. The highest BCUT2D eigenvalue weighted by molar-refractivity contribution is 5.69. The van der Waals surface area contributed by atoms with Gasteiger partial charge in [-0.05, 0) is 18.3 Å². The molecule has 1 aliphatic rings. The van der Waals surface area contributed by atoms with Crippen LogP contribution in [-0.4, -0.2) is 25.2 Å². The number of methoxy groups -OCH3 is 1. The minimum absolute atomic E-state index is 0.116. The standard InChI is InChI=1S/C13H22O4/c1-8-6-10(7-11(15)16-5)13(3,4)12(8)17-9(2)14/h8,10,12H,6-7H2,1-5H3/t8-,10+,12-/m1/s1. The number of rotatable bonds is 3. The fraction of sp³-hybridized carbons (Fsp3) is 0.846. The van der Waals surface area contributed by atoms with Gasteiger partial charge in [-0.2, -0.15) is 0 Å². The molecule has 0 amide bonds. The Hall–Kier alpha value is -1.06. The van der Waals surface area contributed by atoms with Crippen LogP contribution in [0.15, 0.2) is 0 Å². The van der Waals surface area contributed by atoms with E-state index in [4.69, 9.17) is 9.47 Å². The lowest BCUT2D eigenvalue weighted by atomic mass is 9.78. The number of esters is 2. The van der Waals surface area contributed by atoms with E-state index in [1.807, 2.05) is 0 Å². The van der Waals surface area contributed by atoms with Crippen LogP contribution >= 0.6 is 0 Å². The fourth-order valence-corrected chi connectivity index (χ4v) is 2.92. The van der Waals surface area contributed by atoms with Crippen molar-refractivity contribution in [2.75, 3.05) is 7.11 Å². The molecule has 0 unspecified atom stereocenters. The van der Waals surface area contributed by atoms with Gasteiger partial charge in [0.05, 0.1) is 7.11 Å². The van der Waals surface area contributed by atoms with E-state index in [0.29, 0.717) is 6.42 Å². The largest absolute Gasteiger partial charge is 0.469 e. The Morgan fingerprint density at radius 2 is 1.94 bits per heavy atom. The molecule has 17 heavy (non-hydrogen) atoms. The Morgan fingerprint density at radius 1 is 1.35 bits per heavy atom. The Kier molecular flexibility index (Phi) is 4.17. The quantitative estimate of drug-likeness (QED) is 0.712. The molecule has 0 heterocycles. The zero-order valence-corrected chi connectivity index (χ0v) is 11.3. The van der Waals surface area contributed by atoms with Crippen molar-refractivity contribution in [2.24, 2.45) is 17.3 Å². The van der Waals surface area contributed by atoms with E-state index in [2.05, 4.69) is 20.8 Å². The summed E-state index contributed by atoms with van der Waals surface area (Å²) >= 11 is 0. The van der Waals surface area contributed by atoms with Crippen LogP contribution in [0.1, 0.15) is 40.5 Å². The van der Waals surface area contributed by atoms with Crippen molar-refractivity contribution in [2.45, 2.75) is 46.6 Å². The van der Waals surface area contributed by atoms with Crippen molar-refractivity contribution < 1.29 is 19.1 Å². The third kappa shape index (κ3) is 2.99. The van der Waals surface area contributed by atoms with Gasteiger partial charge in [0.1, 0.15) is 6.10 Å². The maximum atomic E-state index is 11.4. The van der Waals surface area contributed by atoms with Crippen molar-refractivity contribution in [3.8, 4) is 0 Å². The zero-order valence-electron chi connectivity index (χ0n) is 11.3. The van der Waals surface area contributed by atoms with E-state index in [1.54, 1.807) is 0 Å². The maximum absolute atomic E-state index is 11.4. The monoisotopic (exact) mass is 242 g/mol. The molecular weight excluding hydrogens is 220 g/mol. The summed E-state index contributed by atoms with van der Waals surface area (Å²) in [4.78, 5) is 22.5. The van der Waals surface area contributed by atoms with Crippen molar-refractivity contribution in [3.05, 3.63) is 0 Å². The van der Waals surface area contributed by atoms with Crippen LogP contribution in [0.3, 0.4) is 0 Å². The molecule has 0 aromatic heterocycles. The topological polar surface area (TPSA) is 52.6 Å². The van der Waals surface area contributed by atoms with Gasteiger partial charge < -0.3 is 9.47 Å². The molecule has 0 spiro atoms. The first-order valence-electron chi connectivity index (χ1n) is 6.03. The first-order chi connectivity index (χ1) is 7.78. The van der Waals surface area contributed by atoms with E-state index in [1.165, 1.54) is 14.0 Å². The van der Waals surface area contributed by atoms with Crippen molar-refractivity contribution in [1.29, 1.82) is 0 Å². The molecule has 1 aliphatic carbocycles. The third-order valence-corrected chi connectivity index (χ3v) is 3.89. The number of hydrogen-bond donors (Lipinski definition) is 0. The maximum Gasteiger partial charge on any atom is 0.305 e. The fourth-order valence-electron chi connectivity index (χ4n) is 2.92. The van der Waals surface area contributed by atoms with Gasteiger partial charge in [-0.15, -0.1) is 0 Å². The third-order valence-electron chi connectivity index (χ3n) is 3.89. The van der Waals surface area contributed by atoms with Gasteiger partial charge in [-0.3, -0.25) is 9.59 Å². The molecule has 1 saturated carbocycles. The smallest absolute Gasteiger partial charge is 0.305 e. The van der Waals surface area contributed by atoms with Crippen LogP contribution in [0.25, 0.3) is 0 Å². The summed E-state index contributed by atoms with van der Waals surface area (Å²) in [7, 11) is 1.40. The predicted octanol–water partition coefficient (Wildman–Crippen LogP) is 2.16. The average Bonchev–Trinajstić information content (AvgIpc) is 2.41. The normalized spacial score (nSPS) is 31.0. The van der Waals surface area contributed by atoms with E-state index in [0.717, 1.165) is 6.42 Å². The molecule has 0 bridgehead atoms. The summed E-state index contributed by atoms with van der Waals surface area (Å²) in [6.45, 7) is 7.60. The van der Waals surface area contributed by atoms with Crippen LogP contribution in [0, 0.1) is 17.3 Å². The lowest BCUT2D eigenvalue weighted by Gasteiger charge is -2.32. The second-order valence-corrected chi connectivity index (χ2v) is 5.54. The number of ether oxygens (including phenoxy) is 2. The molecule has 4 heteroatoms.